The number of nitrogens with zero attached hydrogens (tertiary/aromatic N) is 2. The molecule has 7 heteroatoms. The van der Waals surface area contributed by atoms with Gasteiger partial charge in [0.1, 0.15) is 5.52 Å². The quantitative estimate of drug-likeness (QED) is 0.690. The molecule has 0 amide bonds. The third-order valence-corrected chi connectivity index (χ3v) is 2.87. The molecule has 1 N–H and O–H groups in total. The van der Waals surface area contributed by atoms with Gasteiger partial charge in [0.2, 0.25) is 5.95 Å². The van der Waals surface area contributed by atoms with Crippen molar-refractivity contribution in [1.29, 1.82) is 0 Å². The van der Waals surface area contributed by atoms with Gasteiger partial charge in [-0.1, -0.05) is 18.2 Å². The molecule has 0 unspecified atom stereocenters. The molecule has 0 aliphatic carbocycles. The Bertz CT molecular complexity index is 777. The molecule has 3 aromatic rings. The Balaban J connectivity index is 2.29. The van der Waals surface area contributed by atoms with Crippen LogP contribution in [0.1, 0.15) is 5.56 Å². The lowest BCUT2D eigenvalue weighted by atomic mass is 10.0. The lowest BCUT2D eigenvalue weighted by Crippen LogP contribution is -2.06. The monoisotopic (exact) mass is 281 g/mol. The number of H-pyrrole nitrogens is 1. The van der Waals surface area contributed by atoms with Crippen molar-refractivity contribution in [2.45, 2.75) is 6.18 Å². The highest BCUT2D eigenvalue weighted by Gasteiger charge is 2.34. The Morgan fingerprint density at radius 2 is 1.80 bits per heavy atom. The molecule has 0 spiro atoms. The molecule has 0 aliphatic rings. The fourth-order valence-electron chi connectivity index (χ4n) is 2.04. The maximum atomic E-state index is 13.1. The van der Waals surface area contributed by atoms with E-state index in [4.69, 9.17) is 0 Å². The third-order valence-electron chi connectivity index (χ3n) is 2.87. The van der Waals surface area contributed by atoms with Crippen LogP contribution in [-0.4, -0.2) is 15.0 Å². The van der Waals surface area contributed by atoms with Gasteiger partial charge in [0.05, 0.1) is 11.8 Å². The lowest BCUT2D eigenvalue weighted by molar-refractivity contribution is -0.137. The Kier molecular flexibility index (Phi) is 2.70. The van der Waals surface area contributed by atoms with Gasteiger partial charge < -0.3 is 4.98 Å². The predicted octanol–water partition coefficient (Wildman–Crippen LogP) is 3.78. The summed E-state index contributed by atoms with van der Waals surface area (Å²) in [6.07, 6.45) is -2.26. The highest BCUT2D eigenvalue weighted by Crippen LogP contribution is 2.38. The van der Waals surface area contributed by atoms with Crippen molar-refractivity contribution >= 4 is 11.2 Å². The topological polar surface area (TPSA) is 41.6 Å². The average molecular weight is 281 g/mol. The number of hydrogen-bond donors (Lipinski definition) is 1. The number of benzene rings is 1. The zero-order valence-electron chi connectivity index (χ0n) is 9.87. The fraction of sp³-hybridized carbons (Fsp3) is 0.0769. The molecule has 0 fully saturated rings. The summed E-state index contributed by atoms with van der Waals surface area (Å²) in [6, 6.07) is 5.07. The lowest BCUT2D eigenvalue weighted by Gasteiger charge is -2.11. The van der Waals surface area contributed by atoms with Crippen molar-refractivity contribution in [3.05, 3.63) is 48.2 Å². The van der Waals surface area contributed by atoms with Crippen LogP contribution in [0, 0.1) is 5.95 Å². The van der Waals surface area contributed by atoms with E-state index in [0.717, 1.165) is 12.3 Å². The van der Waals surface area contributed by atoms with Crippen LogP contribution in [-0.2, 0) is 6.18 Å². The van der Waals surface area contributed by atoms with Crippen molar-refractivity contribution in [1.82, 2.24) is 15.0 Å². The van der Waals surface area contributed by atoms with E-state index in [0.29, 0.717) is 0 Å². The SMILES string of the molecule is Fc1cnc2[nH]cc(-c3ccccc3C(F)(F)F)c2n1. The molecule has 3 nitrogen and oxygen atoms in total. The van der Waals surface area contributed by atoms with Crippen LogP contribution in [0.25, 0.3) is 22.3 Å². The highest BCUT2D eigenvalue weighted by molar-refractivity contribution is 5.91. The summed E-state index contributed by atoms with van der Waals surface area (Å²) in [7, 11) is 0. The zero-order valence-corrected chi connectivity index (χ0v) is 9.87. The summed E-state index contributed by atoms with van der Waals surface area (Å²) in [6.45, 7) is 0. The van der Waals surface area contributed by atoms with E-state index in [1.165, 1.54) is 24.4 Å². The maximum absolute atomic E-state index is 13.1. The Labute approximate surface area is 110 Å². The Hall–Kier alpha value is -2.44. The van der Waals surface area contributed by atoms with Crippen LogP contribution in [0.2, 0.25) is 0 Å². The third kappa shape index (κ3) is 2.01. The smallest absolute Gasteiger partial charge is 0.344 e. The largest absolute Gasteiger partial charge is 0.417 e. The number of aromatic amines is 1. The minimum absolute atomic E-state index is 0.0637. The van der Waals surface area contributed by atoms with Crippen molar-refractivity contribution < 1.29 is 17.6 Å². The second kappa shape index (κ2) is 4.29. The Morgan fingerprint density at radius 3 is 2.55 bits per heavy atom. The minimum atomic E-state index is -4.50. The van der Waals surface area contributed by atoms with Gasteiger partial charge in [-0.2, -0.15) is 17.6 Å². The molecule has 0 aliphatic heterocycles. The van der Waals surface area contributed by atoms with Crippen LogP contribution < -0.4 is 0 Å². The number of fused-ring (bicyclic) bond motifs is 1. The van der Waals surface area contributed by atoms with Gasteiger partial charge in [0, 0.05) is 11.8 Å². The van der Waals surface area contributed by atoms with Crippen LogP contribution in [0.5, 0.6) is 0 Å². The molecule has 0 saturated heterocycles. The number of nitrogens with one attached hydrogen (secondary N) is 1. The molecule has 20 heavy (non-hydrogen) atoms. The van der Waals surface area contributed by atoms with Gasteiger partial charge in [-0.25, -0.2) is 9.97 Å². The first-order valence-corrected chi connectivity index (χ1v) is 5.63. The molecular formula is C13H7F4N3. The van der Waals surface area contributed by atoms with E-state index < -0.39 is 17.7 Å². The van der Waals surface area contributed by atoms with E-state index >= 15 is 0 Å². The van der Waals surface area contributed by atoms with E-state index in [1.807, 2.05) is 0 Å². The second-order valence-corrected chi connectivity index (χ2v) is 4.14. The minimum Gasteiger partial charge on any atom is -0.344 e. The van der Waals surface area contributed by atoms with Gasteiger partial charge in [0.25, 0.3) is 0 Å². The molecule has 102 valence electrons. The fourth-order valence-corrected chi connectivity index (χ4v) is 2.04. The Morgan fingerprint density at radius 1 is 1.05 bits per heavy atom. The van der Waals surface area contributed by atoms with Gasteiger partial charge in [-0.3, -0.25) is 0 Å². The normalized spacial score (nSPS) is 12.0. The summed E-state index contributed by atoms with van der Waals surface area (Å²) in [5.41, 5.74) is -0.391. The second-order valence-electron chi connectivity index (χ2n) is 4.14. The van der Waals surface area contributed by atoms with E-state index in [9.17, 15) is 17.6 Å². The zero-order chi connectivity index (χ0) is 14.3. The van der Waals surface area contributed by atoms with Crippen LogP contribution in [0.4, 0.5) is 17.6 Å². The summed E-state index contributed by atoms with van der Waals surface area (Å²) >= 11 is 0. The standard InChI is InChI=1S/C13H7F4N3/c14-10-6-19-12-11(20-10)8(5-18-12)7-3-1-2-4-9(7)13(15,16)17/h1-6H,(H,18,19). The van der Waals surface area contributed by atoms with E-state index in [2.05, 4.69) is 15.0 Å². The molecular weight excluding hydrogens is 274 g/mol. The molecule has 2 heterocycles. The van der Waals surface area contributed by atoms with Crippen LogP contribution in [0.15, 0.2) is 36.7 Å². The molecule has 3 rings (SSSR count). The van der Waals surface area contributed by atoms with Gasteiger partial charge in [-0.15, -0.1) is 0 Å². The number of hydrogen-bond acceptors (Lipinski definition) is 2. The van der Waals surface area contributed by atoms with Crippen molar-refractivity contribution in [2.24, 2.45) is 0 Å². The highest BCUT2D eigenvalue weighted by atomic mass is 19.4. The van der Waals surface area contributed by atoms with Gasteiger partial charge >= 0.3 is 6.18 Å². The average Bonchev–Trinajstić information content (AvgIpc) is 2.80. The number of aromatic nitrogens is 3. The maximum Gasteiger partial charge on any atom is 0.417 e. The first-order valence-electron chi connectivity index (χ1n) is 5.63. The molecule has 1 aromatic carbocycles. The molecule has 0 bridgehead atoms. The van der Waals surface area contributed by atoms with Gasteiger partial charge in [0.15, 0.2) is 5.65 Å². The van der Waals surface area contributed by atoms with Crippen molar-refractivity contribution in [2.75, 3.05) is 0 Å². The number of rotatable bonds is 1. The molecule has 0 atom stereocenters. The molecule has 0 radical (unpaired) electrons. The summed E-state index contributed by atoms with van der Waals surface area (Å²) in [5.74, 6) is -0.845. The summed E-state index contributed by atoms with van der Waals surface area (Å²) in [5, 5.41) is 0. The number of halogens is 4. The predicted molar refractivity (Wildman–Crippen MR) is 64.3 cm³/mol. The van der Waals surface area contributed by atoms with Crippen molar-refractivity contribution in [3.8, 4) is 11.1 Å². The van der Waals surface area contributed by atoms with Crippen LogP contribution >= 0.6 is 0 Å². The summed E-state index contributed by atoms with van der Waals surface area (Å²) in [4.78, 5) is 10.0. The van der Waals surface area contributed by atoms with E-state index in [-0.39, 0.29) is 22.3 Å². The van der Waals surface area contributed by atoms with Crippen LogP contribution in [0.3, 0.4) is 0 Å². The first-order chi connectivity index (χ1) is 9.47. The first kappa shape index (κ1) is 12.6. The molecule has 0 saturated carbocycles. The molecule has 2 aromatic heterocycles. The number of alkyl halides is 3. The summed E-state index contributed by atoms with van der Waals surface area (Å²) < 4.78 is 52.1. The van der Waals surface area contributed by atoms with Crippen molar-refractivity contribution in [3.63, 3.8) is 0 Å². The van der Waals surface area contributed by atoms with Gasteiger partial charge in [-0.05, 0) is 11.6 Å². The van der Waals surface area contributed by atoms with E-state index in [1.54, 1.807) is 0 Å².